The van der Waals surface area contributed by atoms with E-state index in [2.05, 4.69) is 19.4 Å². The molecule has 0 saturated carbocycles. The summed E-state index contributed by atoms with van der Waals surface area (Å²) in [6.07, 6.45) is 0.844. The first-order chi connectivity index (χ1) is 12.8. The minimum atomic E-state index is -1.03. The summed E-state index contributed by atoms with van der Waals surface area (Å²) in [4.78, 5) is 15.7. The lowest BCUT2D eigenvalue weighted by Crippen LogP contribution is -3.05. The number of nitrogens with zero attached hydrogens (tertiary/aromatic N) is 1. The molecule has 0 fully saturated rings. The molecule has 1 aromatic carbocycles. The number of allylic oxidation sites excluding steroid dienone is 1. The number of benzene rings is 1. The zero-order valence-corrected chi connectivity index (χ0v) is 16.9. The van der Waals surface area contributed by atoms with Crippen molar-refractivity contribution in [2.24, 2.45) is 0 Å². The van der Waals surface area contributed by atoms with Crippen LogP contribution in [0, 0.1) is 11.6 Å². The maximum Gasteiger partial charge on any atom is 0.338 e. The molecule has 2 N–H and O–H groups in total. The molecular formula is C19H26F2N3O2S+. The summed E-state index contributed by atoms with van der Waals surface area (Å²) in [5.41, 5.74) is 0.491. The van der Waals surface area contributed by atoms with E-state index in [-0.39, 0.29) is 17.7 Å². The van der Waals surface area contributed by atoms with E-state index in [1.54, 1.807) is 18.7 Å². The van der Waals surface area contributed by atoms with Crippen molar-refractivity contribution >= 4 is 23.3 Å². The maximum absolute atomic E-state index is 14.4. The van der Waals surface area contributed by atoms with Crippen LogP contribution in [0.25, 0.3) is 0 Å². The third-order valence-corrected chi connectivity index (χ3v) is 4.78. The van der Waals surface area contributed by atoms with E-state index in [9.17, 15) is 13.6 Å². The van der Waals surface area contributed by atoms with E-state index in [0.29, 0.717) is 17.4 Å². The van der Waals surface area contributed by atoms with Crippen molar-refractivity contribution in [1.82, 2.24) is 10.2 Å². The van der Waals surface area contributed by atoms with Crippen molar-refractivity contribution in [2.45, 2.75) is 26.3 Å². The molecule has 5 nitrogen and oxygen atoms in total. The van der Waals surface area contributed by atoms with Crippen molar-refractivity contribution < 1.29 is 23.2 Å². The molecule has 0 saturated heterocycles. The fourth-order valence-electron chi connectivity index (χ4n) is 3.12. The summed E-state index contributed by atoms with van der Waals surface area (Å²) in [7, 11) is 4.10. The Morgan fingerprint density at radius 3 is 2.52 bits per heavy atom. The average molecular weight is 398 g/mol. The van der Waals surface area contributed by atoms with Gasteiger partial charge in [0.05, 0.1) is 44.4 Å². The molecule has 0 bridgehead atoms. The Labute approximate surface area is 164 Å². The van der Waals surface area contributed by atoms with E-state index in [1.165, 1.54) is 11.0 Å². The highest BCUT2D eigenvalue weighted by Gasteiger charge is 2.37. The number of ether oxygens (including phenoxy) is 1. The molecule has 0 amide bonds. The molecule has 1 aromatic rings. The number of quaternary nitrogens is 1. The van der Waals surface area contributed by atoms with Gasteiger partial charge in [-0.1, -0.05) is 6.07 Å². The normalized spacial score (nSPS) is 17.4. The molecule has 8 heteroatoms. The molecule has 2 rings (SSSR count). The van der Waals surface area contributed by atoms with Gasteiger partial charge in [0.1, 0.15) is 11.6 Å². The minimum absolute atomic E-state index is 0.163. The van der Waals surface area contributed by atoms with Gasteiger partial charge in [-0.2, -0.15) is 0 Å². The quantitative estimate of drug-likeness (QED) is 0.539. The van der Waals surface area contributed by atoms with Gasteiger partial charge in [0.25, 0.3) is 0 Å². The Bertz CT molecular complexity index is 732. The van der Waals surface area contributed by atoms with Gasteiger partial charge in [-0.25, -0.2) is 13.6 Å². The van der Waals surface area contributed by atoms with Gasteiger partial charge < -0.3 is 19.9 Å². The lowest BCUT2D eigenvalue weighted by atomic mass is 9.94. The third kappa shape index (κ3) is 4.81. The van der Waals surface area contributed by atoms with Crippen LogP contribution in [0.1, 0.15) is 31.9 Å². The van der Waals surface area contributed by atoms with Gasteiger partial charge in [0, 0.05) is 18.7 Å². The van der Waals surface area contributed by atoms with Crippen LogP contribution in [-0.2, 0) is 9.53 Å². The molecular weight excluding hydrogens is 372 g/mol. The van der Waals surface area contributed by atoms with Crippen LogP contribution >= 0.6 is 12.2 Å². The van der Waals surface area contributed by atoms with Crippen molar-refractivity contribution in [3.8, 4) is 0 Å². The van der Waals surface area contributed by atoms with Crippen LogP contribution in [0.2, 0.25) is 0 Å². The van der Waals surface area contributed by atoms with Crippen molar-refractivity contribution in [2.75, 3.05) is 33.8 Å². The fourth-order valence-corrected chi connectivity index (χ4v) is 3.46. The molecule has 1 aliphatic heterocycles. The molecule has 1 heterocycles. The van der Waals surface area contributed by atoms with Crippen molar-refractivity contribution in [3.05, 3.63) is 46.7 Å². The van der Waals surface area contributed by atoms with Gasteiger partial charge in [-0.15, -0.1) is 0 Å². The number of rotatable bonds is 7. The first-order valence-corrected chi connectivity index (χ1v) is 9.37. The van der Waals surface area contributed by atoms with Gasteiger partial charge >= 0.3 is 5.97 Å². The predicted molar refractivity (Wildman–Crippen MR) is 103 cm³/mol. The van der Waals surface area contributed by atoms with Gasteiger partial charge in [0.2, 0.25) is 0 Å². The van der Waals surface area contributed by atoms with Crippen LogP contribution < -0.4 is 10.2 Å². The Morgan fingerprint density at radius 1 is 1.33 bits per heavy atom. The number of esters is 1. The van der Waals surface area contributed by atoms with Crippen LogP contribution in [0.15, 0.2) is 29.5 Å². The summed E-state index contributed by atoms with van der Waals surface area (Å²) >= 11 is 5.43. The number of carbonyl (C=O) groups is 1. The monoisotopic (exact) mass is 398 g/mol. The van der Waals surface area contributed by atoms with E-state index >= 15 is 0 Å². The van der Waals surface area contributed by atoms with E-state index < -0.39 is 23.6 Å². The molecule has 1 atom stereocenters. The zero-order chi connectivity index (χ0) is 20.1. The second-order valence-electron chi connectivity index (χ2n) is 6.70. The molecule has 0 radical (unpaired) electrons. The fraction of sp³-hybridized carbons (Fsp3) is 0.474. The number of thiocarbonyl (C=S) groups is 1. The van der Waals surface area contributed by atoms with Gasteiger partial charge in [0.15, 0.2) is 5.11 Å². The number of carbonyl (C=O) groups excluding carboxylic acids is 1. The van der Waals surface area contributed by atoms with Crippen molar-refractivity contribution in [1.29, 1.82) is 0 Å². The van der Waals surface area contributed by atoms with Crippen LogP contribution in [0.4, 0.5) is 8.78 Å². The van der Waals surface area contributed by atoms with E-state index in [1.807, 2.05) is 0 Å². The summed E-state index contributed by atoms with van der Waals surface area (Å²) in [5.74, 6) is -2.09. The maximum atomic E-state index is 14.4. The smallest absolute Gasteiger partial charge is 0.338 e. The van der Waals surface area contributed by atoms with E-state index in [4.69, 9.17) is 17.0 Å². The topological polar surface area (TPSA) is 46.0 Å². The molecule has 27 heavy (non-hydrogen) atoms. The number of nitrogens with one attached hydrogen (secondary N) is 2. The van der Waals surface area contributed by atoms with Crippen LogP contribution in [0.5, 0.6) is 0 Å². The third-order valence-electron chi connectivity index (χ3n) is 4.44. The Balaban J connectivity index is 2.47. The first kappa shape index (κ1) is 21.2. The van der Waals surface area contributed by atoms with Gasteiger partial charge in [-0.3, -0.25) is 0 Å². The SMILES string of the molecule is CCOC(=O)C1=C(C)N(CCC[NH+](C)C)C(=S)N[C@@H]1c1c(F)cccc1F. The highest BCUT2D eigenvalue weighted by atomic mass is 32.1. The summed E-state index contributed by atoms with van der Waals surface area (Å²) in [5, 5.41) is 3.27. The summed E-state index contributed by atoms with van der Waals surface area (Å²) in [6, 6.07) is 2.57. The molecule has 0 aliphatic carbocycles. The highest BCUT2D eigenvalue weighted by Crippen LogP contribution is 2.34. The second kappa shape index (κ2) is 9.23. The Kier molecular flexibility index (Phi) is 7.26. The van der Waals surface area contributed by atoms with Gasteiger partial charge in [-0.05, 0) is 38.2 Å². The van der Waals surface area contributed by atoms with Crippen LogP contribution in [-0.4, -0.2) is 49.8 Å². The lowest BCUT2D eigenvalue weighted by molar-refractivity contribution is -0.858. The average Bonchev–Trinajstić information content (AvgIpc) is 2.57. The number of hydrogen-bond donors (Lipinski definition) is 2. The summed E-state index contributed by atoms with van der Waals surface area (Å²) in [6.45, 7) is 5.10. The summed E-state index contributed by atoms with van der Waals surface area (Å²) < 4.78 is 33.9. The molecule has 0 aromatic heterocycles. The highest BCUT2D eigenvalue weighted by molar-refractivity contribution is 7.80. The number of hydrogen-bond acceptors (Lipinski definition) is 3. The molecule has 1 aliphatic rings. The predicted octanol–water partition coefficient (Wildman–Crippen LogP) is 1.57. The number of halogens is 2. The second-order valence-corrected chi connectivity index (χ2v) is 7.09. The molecule has 0 spiro atoms. The Hall–Kier alpha value is -2.06. The standard InChI is InChI=1S/C19H25F2N3O2S/c1-5-26-18(25)15-12(2)24(11-7-10-23(3)4)19(27)22-17(15)16-13(20)8-6-9-14(16)21/h6,8-9,17H,5,7,10-11H2,1-4H3,(H,22,27)/p+1/t17-/m0/s1. The minimum Gasteiger partial charge on any atom is -0.463 e. The first-order valence-electron chi connectivity index (χ1n) is 8.96. The largest absolute Gasteiger partial charge is 0.463 e. The van der Waals surface area contributed by atoms with Crippen LogP contribution in [0.3, 0.4) is 0 Å². The molecule has 0 unspecified atom stereocenters. The zero-order valence-electron chi connectivity index (χ0n) is 16.1. The Morgan fingerprint density at radius 2 is 1.96 bits per heavy atom. The lowest BCUT2D eigenvalue weighted by Gasteiger charge is -2.37. The molecule has 148 valence electrons. The van der Waals surface area contributed by atoms with Crippen molar-refractivity contribution in [3.63, 3.8) is 0 Å². The van der Waals surface area contributed by atoms with E-state index in [0.717, 1.165) is 25.1 Å².